The van der Waals surface area contributed by atoms with Crippen LogP contribution in [0.4, 0.5) is 11.4 Å². The van der Waals surface area contributed by atoms with Gasteiger partial charge in [0, 0.05) is 24.2 Å². The number of nitrogens with zero attached hydrogens (tertiary/aromatic N) is 1. The first-order valence-corrected chi connectivity index (χ1v) is 9.65. The molecule has 0 radical (unpaired) electrons. The number of nitrogen functional groups attached to an aromatic ring is 1. The number of amides is 1. The fourth-order valence-corrected chi connectivity index (χ4v) is 3.07. The number of aromatic nitrogens is 1. The molecule has 3 rings (SSSR count). The first-order chi connectivity index (χ1) is 12.3. The highest BCUT2D eigenvalue weighted by Crippen LogP contribution is 2.27. The Bertz CT molecular complexity index is 1050. The number of sulfone groups is 1. The monoisotopic (exact) mass is 367 g/mol. The molecule has 0 aliphatic rings. The van der Waals surface area contributed by atoms with Crippen LogP contribution in [0, 0.1) is 0 Å². The maximum absolute atomic E-state index is 12.4. The molecule has 0 unspecified atom stereocenters. The standard InChI is InChI=1S/C19H17N3O3S/c1-26(24,25)16-5-2-14(3-6-16)19(23)22-18-12-15(4-7-17(18)20)13-8-10-21-11-9-13/h2-12H,20H2,1H3,(H,22,23). The molecule has 6 nitrogen and oxygen atoms in total. The van der Waals surface area contributed by atoms with Crippen molar-refractivity contribution in [3.05, 3.63) is 72.6 Å². The Hall–Kier alpha value is -3.19. The Morgan fingerprint density at radius 1 is 0.962 bits per heavy atom. The zero-order valence-electron chi connectivity index (χ0n) is 14.0. The molecule has 0 spiro atoms. The van der Waals surface area contributed by atoms with Gasteiger partial charge in [0.25, 0.3) is 5.91 Å². The lowest BCUT2D eigenvalue weighted by Crippen LogP contribution is -2.13. The van der Waals surface area contributed by atoms with Crippen LogP contribution in [0.25, 0.3) is 11.1 Å². The van der Waals surface area contributed by atoms with Gasteiger partial charge < -0.3 is 11.1 Å². The Kier molecular flexibility index (Phi) is 4.73. The summed E-state index contributed by atoms with van der Waals surface area (Å²) < 4.78 is 23.0. The van der Waals surface area contributed by atoms with Crippen molar-refractivity contribution in [1.29, 1.82) is 0 Å². The second-order valence-electron chi connectivity index (χ2n) is 5.79. The summed E-state index contributed by atoms with van der Waals surface area (Å²) in [5.41, 5.74) is 9.07. The summed E-state index contributed by atoms with van der Waals surface area (Å²) in [6.07, 6.45) is 4.49. The van der Waals surface area contributed by atoms with E-state index < -0.39 is 9.84 Å². The minimum absolute atomic E-state index is 0.160. The van der Waals surface area contributed by atoms with Crippen molar-refractivity contribution >= 4 is 27.1 Å². The van der Waals surface area contributed by atoms with E-state index in [1.54, 1.807) is 24.5 Å². The maximum atomic E-state index is 12.4. The van der Waals surface area contributed by atoms with E-state index in [-0.39, 0.29) is 10.8 Å². The largest absolute Gasteiger partial charge is 0.397 e. The highest BCUT2D eigenvalue weighted by Gasteiger charge is 2.12. The van der Waals surface area contributed by atoms with E-state index in [0.29, 0.717) is 16.9 Å². The first-order valence-electron chi connectivity index (χ1n) is 7.76. The minimum atomic E-state index is -3.30. The molecule has 0 aliphatic heterocycles. The molecule has 3 aromatic rings. The van der Waals surface area contributed by atoms with E-state index in [0.717, 1.165) is 17.4 Å². The van der Waals surface area contributed by atoms with Gasteiger partial charge in [0.15, 0.2) is 9.84 Å². The lowest BCUT2D eigenvalue weighted by atomic mass is 10.1. The van der Waals surface area contributed by atoms with Crippen molar-refractivity contribution in [2.75, 3.05) is 17.3 Å². The van der Waals surface area contributed by atoms with Crippen LogP contribution < -0.4 is 11.1 Å². The zero-order chi connectivity index (χ0) is 18.7. The number of benzene rings is 2. The van der Waals surface area contributed by atoms with Gasteiger partial charge in [-0.1, -0.05) is 6.07 Å². The predicted octanol–water partition coefficient (Wildman–Crippen LogP) is 2.99. The van der Waals surface area contributed by atoms with Crippen molar-refractivity contribution in [1.82, 2.24) is 4.98 Å². The second kappa shape index (κ2) is 6.97. The molecule has 132 valence electrons. The minimum Gasteiger partial charge on any atom is -0.397 e. The summed E-state index contributed by atoms with van der Waals surface area (Å²) in [6.45, 7) is 0. The van der Waals surface area contributed by atoms with Crippen LogP contribution in [0.3, 0.4) is 0 Å². The zero-order valence-corrected chi connectivity index (χ0v) is 14.8. The molecule has 0 bridgehead atoms. The highest BCUT2D eigenvalue weighted by molar-refractivity contribution is 7.90. The Morgan fingerprint density at radius 2 is 1.62 bits per heavy atom. The fraction of sp³-hybridized carbons (Fsp3) is 0.0526. The number of rotatable bonds is 4. The van der Waals surface area contributed by atoms with Crippen LogP contribution in [0.1, 0.15) is 10.4 Å². The molecule has 1 amide bonds. The summed E-state index contributed by atoms with van der Waals surface area (Å²) in [5.74, 6) is -0.372. The normalized spacial score (nSPS) is 11.1. The Morgan fingerprint density at radius 3 is 2.23 bits per heavy atom. The van der Waals surface area contributed by atoms with Crippen LogP contribution in [-0.2, 0) is 9.84 Å². The van der Waals surface area contributed by atoms with Gasteiger partial charge in [-0.05, 0) is 59.7 Å². The maximum Gasteiger partial charge on any atom is 0.255 e. The predicted molar refractivity (Wildman–Crippen MR) is 102 cm³/mol. The molecule has 1 heterocycles. The fourth-order valence-electron chi connectivity index (χ4n) is 2.44. The summed E-state index contributed by atoms with van der Waals surface area (Å²) in [6, 6.07) is 14.8. The van der Waals surface area contributed by atoms with E-state index in [1.165, 1.54) is 24.3 Å². The van der Waals surface area contributed by atoms with Crippen molar-refractivity contribution < 1.29 is 13.2 Å². The van der Waals surface area contributed by atoms with Gasteiger partial charge in [-0.3, -0.25) is 9.78 Å². The van der Waals surface area contributed by atoms with Gasteiger partial charge in [-0.2, -0.15) is 0 Å². The summed E-state index contributed by atoms with van der Waals surface area (Å²) in [4.78, 5) is 16.6. The number of hydrogen-bond acceptors (Lipinski definition) is 5. The van der Waals surface area contributed by atoms with E-state index in [1.807, 2.05) is 18.2 Å². The van der Waals surface area contributed by atoms with Crippen molar-refractivity contribution in [2.45, 2.75) is 4.90 Å². The van der Waals surface area contributed by atoms with E-state index in [2.05, 4.69) is 10.3 Å². The van der Waals surface area contributed by atoms with Gasteiger partial charge in [0.2, 0.25) is 0 Å². The quantitative estimate of drug-likeness (QED) is 0.690. The average molecular weight is 367 g/mol. The first kappa shape index (κ1) is 17.6. The topological polar surface area (TPSA) is 102 Å². The molecule has 0 saturated carbocycles. The smallest absolute Gasteiger partial charge is 0.255 e. The summed E-state index contributed by atoms with van der Waals surface area (Å²) >= 11 is 0. The Balaban J connectivity index is 1.85. The number of pyridine rings is 1. The third kappa shape index (κ3) is 3.89. The molecule has 0 saturated heterocycles. The van der Waals surface area contributed by atoms with Gasteiger partial charge in [-0.15, -0.1) is 0 Å². The molecule has 3 N–H and O–H groups in total. The molecule has 7 heteroatoms. The molecule has 0 atom stereocenters. The van der Waals surface area contributed by atoms with Crippen LogP contribution in [0.2, 0.25) is 0 Å². The third-order valence-corrected chi connectivity index (χ3v) is 4.99. The van der Waals surface area contributed by atoms with Gasteiger partial charge >= 0.3 is 0 Å². The molecule has 0 aliphatic carbocycles. The molecule has 26 heavy (non-hydrogen) atoms. The number of carbonyl (C=O) groups is 1. The molecule has 2 aromatic carbocycles. The van der Waals surface area contributed by atoms with Crippen LogP contribution >= 0.6 is 0 Å². The van der Waals surface area contributed by atoms with Gasteiger partial charge in [0.05, 0.1) is 16.3 Å². The number of nitrogens with one attached hydrogen (secondary N) is 1. The van der Waals surface area contributed by atoms with Crippen LogP contribution in [-0.4, -0.2) is 25.6 Å². The third-order valence-electron chi connectivity index (χ3n) is 3.86. The molecular formula is C19H17N3O3S. The van der Waals surface area contributed by atoms with Crippen molar-refractivity contribution in [3.8, 4) is 11.1 Å². The van der Waals surface area contributed by atoms with E-state index in [9.17, 15) is 13.2 Å². The lowest BCUT2D eigenvalue weighted by Gasteiger charge is -2.11. The highest BCUT2D eigenvalue weighted by atomic mass is 32.2. The molecule has 1 aromatic heterocycles. The number of anilines is 2. The number of nitrogens with two attached hydrogens (primary N) is 1. The lowest BCUT2D eigenvalue weighted by molar-refractivity contribution is 0.102. The van der Waals surface area contributed by atoms with Crippen LogP contribution in [0.5, 0.6) is 0 Å². The van der Waals surface area contributed by atoms with Gasteiger partial charge in [-0.25, -0.2) is 8.42 Å². The SMILES string of the molecule is CS(=O)(=O)c1ccc(C(=O)Nc2cc(-c3ccncc3)ccc2N)cc1. The number of carbonyl (C=O) groups excluding carboxylic acids is 1. The van der Waals surface area contributed by atoms with Gasteiger partial charge in [0.1, 0.15) is 0 Å². The number of hydrogen-bond donors (Lipinski definition) is 2. The summed E-state index contributed by atoms with van der Waals surface area (Å²) in [7, 11) is -3.30. The Labute approximate surface area is 151 Å². The van der Waals surface area contributed by atoms with Crippen molar-refractivity contribution in [3.63, 3.8) is 0 Å². The molecular weight excluding hydrogens is 350 g/mol. The average Bonchev–Trinajstić information content (AvgIpc) is 2.63. The molecule has 0 fully saturated rings. The van der Waals surface area contributed by atoms with E-state index >= 15 is 0 Å². The van der Waals surface area contributed by atoms with Crippen molar-refractivity contribution in [2.24, 2.45) is 0 Å². The van der Waals surface area contributed by atoms with E-state index in [4.69, 9.17) is 5.73 Å². The summed E-state index contributed by atoms with van der Waals surface area (Å²) in [5, 5.41) is 2.77. The second-order valence-corrected chi connectivity index (χ2v) is 7.80. The van der Waals surface area contributed by atoms with Crippen LogP contribution in [0.15, 0.2) is 71.9 Å².